The number of nitrogens with one attached hydrogen (secondary N) is 2. The summed E-state index contributed by atoms with van der Waals surface area (Å²) in [6.07, 6.45) is 4.68. The van der Waals surface area contributed by atoms with Gasteiger partial charge in [0.15, 0.2) is 0 Å². The predicted octanol–water partition coefficient (Wildman–Crippen LogP) is 1.62. The van der Waals surface area contributed by atoms with Crippen LogP contribution in [-0.4, -0.2) is 27.8 Å². The van der Waals surface area contributed by atoms with E-state index < -0.39 is 0 Å². The number of hydrogen-bond acceptors (Lipinski definition) is 4. The van der Waals surface area contributed by atoms with Crippen molar-refractivity contribution in [1.29, 1.82) is 0 Å². The normalized spacial score (nSPS) is 12.4. The zero-order valence-corrected chi connectivity index (χ0v) is 9.85. The van der Waals surface area contributed by atoms with Gasteiger partial charge in [0, 0.05) is 30.5 Å². The van der Waals surface area contributed by atoms with Gasteiger partial charge >= 0.3 is 0 Å². The van der Waals surface area contributed by atoms with Crippen molar-refractivity contribution in [3.8, 4) is 11.3 Å². The van der Waals surface area contributed by atoms with Gasteiger partial charge in [-0.1, -0.05) is 0 Å². The van der Waals surface area contributed by atoms with Crippen molar-refractivity contribution >= 4 is 5.82 Å². The third kappa shape index (κ3) is 3.29. The molecule has 0 saturated carbocycles. The number of aromatic amines is 1. The molecule has 4 N–H and O–H groups in total. The second kappa shape index (κ2) is 5.45. The summed E-state index contributed by atoms with van der Waals surface area (Å²) in [5.41, 5.74) is 7.57. The van der Waals surface area contributed by atoms with Gasteiger partial charge in [0.1, 0.15) is 5.82 Å². The Morgan fingerprint density at radius 1 is 1.35 bits per heavy atom. The lowest BCUT2D eigenvalue weighted by atomic mass is 10.2. The molecule has 1 atom stereocenters. The number of rotatable bonds is 5. The van der Waals surface area contributed by atoms with Gasteiger partial charge < -0.3 is 16.0 Å². The Morgan fingerprint density at radius 2 is 2.24 bits per heavy atom. The van der Waals surface area contributed by atoms with Crippen molar-refractivity contribution < 1.29 is 0 Å². The average Bonchev–Trinajstić information content (AvgIpc) is 2.83. The fourth-order valence-electron chi connectivity index (χ4n) is 1.49. The standard InChI is InChI=1S/C12H17N5/c1-9(13)4-7-15-12-3-2-11(16-17-12)10-5-6-14-8-10/h2-3,5-6,8-9,14H,4,7,13H2,1H3,(H,15,17). The minimum atomic E-state index is 0.203. The van der Waals surface area contributed by atoms with E-state index in [1.165, 1.54) is 0 Å². The summed E-state index contributed by atoms with van der Waals surface area (Å²) in [5.74, 6) is 0.782. The molecular formula is C12H17N5. The van der Waals surface area contributed by atoms with E-state index in [1.807, 2.05) is 37.5 Å². The molecule has 1 unspecified atom stereocenters. The molecule has 0 aliphatic heterocycles. The first-order valence-electron chi connectivity index (χ1n) is 5.72. The van der Waals surface area contributed by atoms with E-state index in [2.05, 4.69) is 20.5 Å². The molecule has 5 nitrogen and oxygen atoms in total. The van der Waals surface area contributed by atoms with E-state index in [0.29, 0.717) is 0 Å². The number of nitrogens with zero attached hydrogens (tertiary/aromatic N) is 2. The van der Waals surface area contributed by atoms with Gasteiger partial charge in [-0.25, -0.2) is 0 Å². The SMILES string of the molecule is CC(N)CCNc1ccc(-c2cc[nH]c2)nn1. The maximum Gasteiger partial charge on any atom is 0.148 e. The lowest BCUT2D eigenvalue weighted by molar-refractivity contribution is 0.688. The lowest BCUT2D eigenvalue weighted by Crippen LogP contribution is -2.19. The second-order valence-electron chi connectivity index (χ2n) is 4.10. The number of hydrogen-bond donors (Lipinski definition) is 3. The van der Waals surface area contributed by atoms with Gasteiger partial charge in [-0.2, -0.15) is 0 Å². The average molecular weight is 231 g/mol. The molecule has 2 rings (SSSR count). The van der Waals surface area contributed by atoms with Crippen LogP contribution in [0.4, 0.5) is 5.82 Å². The van der Waals surface area contributed by atoms with Crippen molar-refractivity contribution in [2.75, 3.05) is 11.9 Å². The van der Waals surface area contributed by atoms with E-state index in [0.717, 1.165) is 30.0 Å². The van der Waals surface area contributed by atoms with E-state index in [9.17, 15) is 0 Å². The zero-order chi connectivity index (χ0) is 12.1. The van der Waals surface area contributed by atoms with E-state index in [-0.39, 0.29) is 6.04 Å². The van der Waals surface area contributed by atoms with Crippen molar-refractivity contribution in [2.45, 2.75) is 19.4 Å². The van der Waals surface area contributed by atoms with Gasteiger partial charge in [-0.15, -0.1) is 10.2 Å². The molecule has 0 aliphatic rings. The molecule has 5 heteroatoms. The summed E-state index contributed by atoms with van der Waals surface area (Å²) in [6.45, 7) is 2.80. The van der Waals surface area contributed by atoms with Crippen LogP contribution >= 0.6 is 0 Å². The fraction of sp³-hybridized carbons (Fsp3) is 0.333. The van der Waals surface area contributed by atoms with Gasteiger partial charge in [-0.3, -0.25) is 0 Å². The molecule has 17 heavy (non-hydrogen) atoms. The maximum absolute atomic E-state index is 5.67. The Kier molecular flexibility index (Phi) is 3.72. The molecule has 90 valence electrons. The van der Waals surface area contributed by atoms with Crippen molar-refractivity contribution in [2.24, 2.45) is 5.73 Å². The molecule has 2 aromatic rings. The molecule has 0 aromatic carbocycles. The molecule has 0 radical (unpaired) electrons. The van der Waals surface area contributed by atoms with Crippen LogP contribution in [0.2, 0.25) is 0 Å². The predicted molar refractivity (Wildman–Crippen MR) is 68.6 cm³/mol. The molecule has 0 fully saturated rings. The van der Waals surface area contributed by atoms with Crippen LogP contribution in [0.5, 0.6) is 0 Å². The first-order chi connectivity index (χ1) is 8.25. The topological polar surface area (TPSA) is 79.6 Å². The Hall–Kier alpha value is -1.88. The Morgan fingerprint density at radius 3 is 2.82 bits per heavy atom. The first-order valence-corrected chi connectivity index (χ1v) is 5.72. The van der Waals surface area contributed by atoms with Crippen molar-refractivity contribution in [3.63, 3.8) is 0 Å². The molecule has 0 bridgehead atoms. The molecule has 0 saturated heterocycles. The molecule has 0 amide bonds. The monoisotopic (exact) mass is 231 g/mol. The molecule has 0 aliphatic carbocycles. The summed E-state index contributed by atoms with van der Waals surface area (Å²) < 4.78 is 0. The lowest BCUT2D eigenvalue weighted by Gasteiger charge is -2.07. The molecule has 2 aromatic heterocycles. The second-order valence-corrected chi connectivity index (χ2v) is 4.10. The largest absolute Gasteiger partial charge is 0.369 e. The molecule has 0 spiro atoms. The van der Waals surface area contributed by atoms with E-state index in [4.69, 9.17) is 5.73 Å². The highest BCUT2D eigenvalue weighted by molar-refractivity contribution is 5.58. The third-order valence-electron chi connectivity index (χ3n) is 2.46. The zero-order valence-electron chi connectivity index (χ0n) is 9.85. The van der Waals surface area contributed by atoms with Gasteiger partial charge in [0.25, 0.3) is 0 Å². The summed E-state index contributed by atoms with van der Waals surface area (Å²) in [7, 11) is 0. The smallest absolute Gasteiger partial charge is 0.148 e. The van der Waals surface area contributed by atoms with Crippen LogP contribution in [0.25, 0.3) is 11.3 Å². The number of H-pyrrole nitrogens is 1. The van der Waals surface area contributed by atoms with Crippen molar-refractivity contribution in [1.82, 2.24) is 15.2 Å². The number of anilines is 1. The van der Waals surface area contributed by atoms with Gasteiger partial charge in [-0.05, 0) is 31.5 Å². The summed E-state index contributed by atoms with van der Waals surface area (Å²) in [5, 5.41) is 11.5. The van der Waals surface area contributed by atoms with Crippen LogP contribution in [-0.2, 0) is 0 Å². The van der Waals surface area contributed by atoms with Gasteiger partial charge in [0.2, 0.25) is 0 Å². The minimum absolute atomic E-state index is 0.203. The van der Waals surface area contributed by atoms with Crippen LogP contribution in [0.3, 0.4) is 0 Å². The summed E-state index contributed by atoms with van der Waals surface area (Å²) in [4.78, 5) is 2.99. The highest BCUT2D eigenvalue weighted by Crippen LogP contribution is 2.15. The van der Waals surface area contributed by atoms with E-state index in [1.54, 1.807) is 0 Å². The summed E-state index contributed by atoms with van der Waals surface area (Å²) >= 11 is 0. The number of aromatic nitrogens is 3. The maximum atomic E-state index is 5.67. The highest BCUT2D eigenvalue weighted by Gasteiger charge is 2.01. The van der Waals surface area contributed by atoms with Crippen LogP contribution < -0.4 is 11.1 Å². The third-order valence-corrected chi connectivity index (χ3v) is 2.46. The molecule has 2 heterocycles. The van der Waals surface area contributed by atoms with Crippen LogP contribution in [0.15, 0.2) is 30.6 Å². The first kappa shape index (κ1) is 11.6. The van der Waals surface area contributed by atoms with Gasteiger partial charge in [0.05, 0.1) is 5.69 Å². The highest BCUT2D eigenvalue weighted by atomic mass is 15.2. The summed E-state index contributed by atoms with van der Waals surface area (Å²) in [6, 6.07) is 6.04. The minimum Gasteiger partial charge on any atom is -0.369 e. The Bertz CT molecular complexity index is 432. The Labute approximate surface area is 100 Å². The van der Waals surface area contributed by atoms with E-state index >= 15 is 0 Å². The fourth-order valence-corrected chi connectivity index (χ4v) is 1.49. The quantitative estimate of drug-likeness (QED) is 0.730. The molecular weight excluding hydrogens is 214 g/mol. The van der Waals surface area contributed by atoms with Crippen molar-refractivity contribution in [3.05, 3.63) is 30.6 Å². The number of nitrogens with two attached hydrogens (primary N) is 1. The van der Waals surface area contributed by atoms with Crippen LogP contribution in [0, 0.1) is 0 Å². The van der Waals surface area contributed by atoms with Crippen LogP contribution in [0.1, 0.15) is 13.3 Å². The Balaban J connectivity index is 1.94.